The highest BCUT2D eigenvalue weighted by Crippen LogP contribution is 2.33. The summed E-state index contributed by atoms with van der Waals surface area (Å²) in [5.41, 5.74) is 12.0. The lowest BCUT2D eigenvalue weighted by atomic mass is 10.0. The van der Waals surface area contributed by atoms with Crippen LogP contribution in [-0.4, -0.2) is 37.9 Å². The minimum Gasteiger partial charge on any atom is -0.505 e. The summed E-state index contributed by atoms with van der Waals surface area (Å²) in [7, 11) is 1.26. The van der Waals surface area contributed by atoms with Gasteiger partial charge in [0.1, 0.15) is 23.0 Å². The Bertz CT molecular complexity index is 1250. The van der Waals surface area contributed by atoms with E-state index >= 15 is 0 Å². The predicted octanol–water partition coefficient (Wildman–Crippen LogP) is 2.03. The first-order valence-corrected chi connectivity index (χ1v) is 8.57. The number of nitrogen functional groups attached to an aromatic ring is 2. The molecule has 0 saturated heterocycles. The van der Waals surface area contributed by atoms with Gasteiger partial charge in [0, 0.05) is 17.8 Å². The van der Waals surface area contributed by atoms with Gasteiger partial charge in [0.2, 0.25) is 0 Å². The molecule has 0 atom stereocenters. The van der Waals surface area contributed by atoms with Crippen molar-refractivity contribution < 1.29 is 14.6 Å². The fourth-order valence-corrected chi connectivity index (χ4v) is 2.63. The van der Waals surface area contributed by atoms with Gasteiger partial charge >= 0.3 is 5.97 Å². The number of ether oxygens (including phenoxy) is 1. The standard InChI is InChI=1S/C12H11NO3.C8H6N6/c1-16-12(15)9-6-7-4-2-3-5-8(7)10(13)11(9)14;9-4-6-5-13-14(7(6)10)8-11-2-1-3-12-8/h2-6,14H,13H2,1H3;1-3,5H,10H2. The summed E-state index contributed by atoms with van der Waals surface area (Å²) in [5, 5.41) is 23.8. The molecule has 5 N–H and O–H groups in total. The number of hydrogen-bond acceptors (Lipinski definition) is 9. The highest BCUT2D eigenvalue weighted by Gasteiger charge is 2.16. The van der Waals surface area contributed by atoms with Gasteiger partial charge in [0.05, 0.1) is 19.0 Å². The van der Waals surface area contributed by atoms with Crippen molar-refractivity contribution >= 4 is 28.2 Å². The molecule has 0 aliphatic rings. The molecule has 2 aromatic heterocycles. The molecule has 0 radical (unpaired) electrons. The molecule has 2 heterocycles. The first-order chi connectivity index (χ1) is 14.5. The van der Waals surface area contributed by atoms with E-state index in [0.717, 1.165) is 5.39 Å². The van der Waals surface area contributed by atoms with E-state index in [4.69, 9.17) is 16.7 Å². The topological polar surface area (TPSA) is 166 Å². The number of nitrogens with zero attached hydrogens (tertiary/aromatic N) is 5. The van der Waals surface area contributed by atoms with E-state index in [1.165, 1.54) is 18.0 Å². The molecule has 4 aromatic rings. The lowest BCUT2D eigenvalue weighted by Crippen LogP contribution is -2.06. The van der Waals surface area contributed by atoms with Crippen LogP contribution >= 0.6 is 0 Å². The molecular formula is C20H17N7O3. The number of benzene rings is 2. The van der Waals surface area contributed by atoms with Gasteiger partial charge in [0.25, 0.3) is 5.95 Å². The Morgan fingerprint density at radius 3 is 2.53 bits per heavy atom. The molecular weight excluding hydrogens is 386 g/mol. The van der Waals surface area contributed by atoms with Crippen molar-refractivity contribution in [1.29, 1.82) is 5.26 Å². The van der Waals surface area contributed by atoms with E-state index in [9.17, 15) is 9.90 Å². The van der Waals surface area contributed by atoms with Crippen molar-refractivity contribution in [3.05, 3.63) is 66.1 Å². The first kappa shape index (κ1) is 20.1. The quantitative estimate of drug-likeness (QED) is 0.258. The number of aromatic nitrogens is 4. The number of aromatic hydroxyl groups is 1. The van der Waals surface area contributed by atoms with Gasteiger partial charge in [-0.05, 0) is 17.5 Å². The smallest absolute Gasteiger partial charge is 0.341 e. The van der Waals surface area contributed by atoms with E-state index in [1.54, 1.807) is 30.6 Å². The van der Waals surface area contributed by atoms with Crippen molar-refractivity contribution in [3.8, 4) is 17.8 Å². The predicted molar refractivity (Wildman–Crippen MR) is 110 cm³/mol. The number of nitriles is 1. The molecule has 4 rings (SSSR count). The number of hydrogen-bond donors (Lipinski definition) is 3. The highest BCUT2D eigenvalue weighted by atomic mass is 16.5. The molecule has 0 aliphatic carbocycles. The molecule has 0 unspecified atom stereocenters. The minimum atomic E-state index is -0.602. The maximum Gasteiger partial charge on any atom is 0.341 e. The van der Waals surface area contributed by atoms with Crippen molar-refractivity contribution in [2.24, 2.45) is 0 Å². The van der Waals surface area contributed by atoms with Crippen LogP contribution in [0.3, 0.4) is 0 Å². The van der Waals surface area contributed by atoms with E-state index in [2.05, 4.69) is 19.8 Å². The van der Waals surface area contributed by atoms with Crippen molar-refractivity contribution in [3.63, 3.8) is 0 Å². The number of esters is 1. The van der Waals surface area contributed by atoms with Crippen LogP contribution in [0.25, 0.3) is 16.7 Å². The summed E-state index contributed by atoms with van der Waals surface area (Å²) in [6.07, 6.45) is 4.54. The Kier molecular flexibility index (Phi) is 5.74. The Labute approximate surface area is 171 Å². The average molecular weight is 403 g/mol. The number of phenols is 1. The Balaban J connectivity index is 0.000000172. The van der Waals surface area contributed by atoms with Crippen LogP contribution < -0.4 is 11.5 Å². The second kappa shape index (κ2) is 8.57. The summed E-state index contributed by atoms with van der Waals surface area (Å²) in [6.45, 7) is 0. The number of fused-ring (bicyclic) bond motifs is 1. The van der Waals surface area contributed by atoms with Crippen LogP contribution in [0.1, 0.15) is 15.9 Å². The van der Waals surface area contributed by atoms with E-state index in [1.807, 2.05) is 24.3 Å². The van der Waals surface area contributed by atoms with Crippen LogP contribution in [0.5, 0.6) is 5.75 Å². The highest BCUT2D eigenvalue weighted by molar-refractivity contribution is 6.05. The Morgan fingerprint density at radius 2 is 1.90 bits per heavy atom. The number of anilines is 2. The molecule has 2 aromatic carbocycles. The van der Waals surface area contributed by atoms with Gasteiger partial charge < -0.3 is 21.3 Å². The summed E-state index contributed by atoms with van der Waals surface area (Å²) in [5.74, 6) is -0.231. The summed E-state index contributed by atoms with van der Waals surface area (Å²) < 4.78 is 5.88. The fraction of sp³-hybridized carbons (Fsp3) is 0.0500. The molecule has 10 heteroatoms. The third-order valence-corrected chi connectivity index (χ3v) is 4.13. The van der Waals surface area contributed by atoms with Gasteiger partial charge in [-0.15, -0.1) is 0 Å². The van der Waals surface area contributed by atoms with Gasteiger partial charge in [-0.2, -0.15) is 15.0 Å². The van der Waals surface area contributed by atoms with Gasteiger partial charge in [0.15, 0.2) is 5.75 Å². The second-order valence-corrected chi connectivity index (χ2v) is 5.92. The van der Waals surface area contributed by atoms with Gasteiger partial charge in [-0.3, -0.25) is 0 Å². The van der Waals surface area contributed by atoms with Crippen LogP contribution in [0.4, 0.5) is 11.5 Å². The molecule has 0 bridgehead atoms. The van der Waals surface area contributed by atoms with Gasteiger partial charge in [-0.1, -0.05) is 24.3 Å². The molecule has 10 nitrogen and oxygen atoms in total. The van der Waals surface area contributed by atoms with Crippen LogP contribution in [0.2, 0.25) is 0 Å². The zero-order chi connectivity index (χ0) is 21.7. The summed E-state index contributed by atoms with van der Waals surface area (Å²) in [6, 6.07) is 12.4. The number of nitrogens with two attached hydrogens (primary N) is 2. The lowest BCUT2D eigenvalue weighted by Gasteiger charge is -2.08. The molecule has 150 valence electrons. The molecule has 30 heavy (non-hydrogen) atoms. The molecule has 0 fully saturated rings. The van der Waals surface area contributed by atoms with Crippen LogP contribution in [-0.2, 0) is 4.74 Å². The van der Waals surface area contributed by atoms with Crippen LogP contribution in [0.15, 0.2) is 55.0 Å². The minimum absolute atomic E-state index is 0.0821. The zero-order valence-corrected chi connectivity index (χ0v) is 15.9. The van der Waals surface area contributed by atoms with E-state index in [0.29, 0.717) is 16.9 Å². The Morgan fingerprint density at radius 1 is 1.20 bits per heavy atom. The number of methoxy groups -OCH3 is 1. The summed E-state index contributed by atoms with van der Waals surface area (Å²) >= 11 is 0. The second-order valence-electron chi connectivity index (χ2n) is 5.92. The van der Waals surface area contributed by atoms with E-state index in [-0.39, 0.29) is 22.8 Å². The molecule has 0 spiro atoms. The van der Waals surface area contributed by atoms with Gasteiger partial charge in [-0.25, -0.2) is 14.8 Å². The maximum absolute atomic E-state index is 11.4. The number of rotatable bonds is 2. The molecule has 0 saturated carbocycles. The maximum atomic E-state index is 11.4. The lowest BCUT2D eigenvalue weighted by molar-refractivity contribution is 0.0598. The largest absolute Gasteiger partial charge is 0.505 e. The van der Waals surface area contributed by atoms with Crippen molar-refractivity contribution in [1.82, 2.24) is 19.7 Å². The third kappa shape index (κ3) is 3.81. The van der Waals surface area contributed by atoms with Crippen molar-refractivity contribution in [2.45, 2.75) is 0 Å². The third-order valence-electron chi connectivity index (χ3n) is 4.13. The number of carbonyl (C=O) groups is 1. The SMILES string of the molecule is COC(=O)c1cc2ccccc2c(N)c1O.N#Cc1cnn(-c2ncccn2)c1N. The van der Waals surface area contributed by atoms with Crippen molar-refractivity contribution in [2.75, 3.05) is 18.6 Å². The Hall–Kier alpha value is -4.65. The normalized spacial score (nSPS) is 10.0. The molecule has 0 amide bonds. The molecule has 0 aliphatic heterocycles. The number of phenolic OH excluding ortho intramolecular Hbond substituents is 1. The average Bonchev–Trinajstić information content (AvgIpc) is 3.17. The zero-order valence-electron chi connectivity index (χ0n) is 15.9. The first-order valence-electron chi connectivity index (χ1n) is 8.57. The van der Waals surface area contributed by atoms with Crippen LogP contribution in [0, 0.1) is 11.3 Å². The van der Waals surface area contributed by atoms with E-state index < -0.39 is 5.97 Å². The monoisotopic (exact) mass is 403 g/mol. The fourth-order valence-electron chi connectivity index (χ4n) is 2.63. The summed E-state index contributed by atoms with van der Waals surface area (Å²) in [4.78, 5) is 19.3. The number of carbonyl (C=O) groups excluding carboxylic acids is 1.